The molecule has 0 aromatic heterocycles. The summed E-state index contributed by atoms with van der Waals surface area (Å²) in [5, 5.41) is 21.3. The minimum atomic E-state index is -1.08. The van der Waals surface area contributed by atoms with Crippen LogP contribution in [0.2, 0.25) is 0 Å². The van der Waals surface area contributed by atoms with Gasteiger partial charge in [0.2, 0.25) is 0 Å². The molecule has 2 aromatic rings. The summed E-state index contributed by atoms with van der Waals surface area (Å²) in [4.78, 5) is 23.4. The first-order valence-corrected chi connectivity index (χ1v) is 8.68. The Bertz CT molecular complexity index is 794. The maximum Gasteiger partial charge on any atom is 0.324 e. The second-order valence-corrected chi connectivity index (χ2v) is 6.24. The molecule has 0 bridgehead atoms. The summed E-state index contributed by atoms with van der Waals surface area (Å²) in [6, 6.07) is 11.6. The molecule has 2 aromatic carbocycles. The number of carboxylic acids is 1. The molecule has 8 heteroatoms. The Kier molecular flexibility index (Phi) is 7.79. The first-order chi connectivity index (χ1) is 13.4. The fourth-order valence-corrected chi connectivity index (χ4v) is 2.57. The van der Waals surface area contributed by atoms with E-state index in [-0.39, 0.29) is 25.3 Å². The highest BCUT2D eigenvalue weighted by Gasteiger charge is 2.20. The Morgan fingerprint density at radius 2 is 1.82 bits per heavy atom. The molecule has 0 fully saturated rings. The fraction of sp³-hybridized carbons (Fsp3) is 0.300. The molecule has 0 aliphatic heterocycles. The summed E-state index contributed by atoms with van der Waals surface area (Å²) in [7, 11) is 1.55. The van der Waals surface area contributed by atoms with E-state index < -0.39 is 24.0 Å². The maximum atomic E-state index is 12.1. The van der Waals surface area contributed by atoms with Gasteiger partial charge in [-0.15, -0.1) is 0 Å². The number of carbonyl (C=O) groups is 2. The lowest BCUT2D eigenvalue weighted by Crippen LogP contribution is -2.42. The average Bonchev–Trinajstić information content (AvgIpc) is 2.68. The second-order valence-electron chi connectivity index (χ2n) is 6.24. The number of phenolic OH excluding ortho intramolecular Hbond substituents is 1. The molecule has 0 saturated heterocycles. The monoisotopic (exact) mass is 388 g/mol. The minimum absolute atomic E-state index is 0.0996. The summed E-state index contributed by atoms with van der Waals surface area (Å²) in [6.07, 6.45) is 0.439. The zero-order chi connectivity index (χ0) is 20.5. The number of benzene rings is 2. The van der Waals surface area contributed by atoms with Crippen LogP contribution in [0, 0.1) is 0 Å². The summed E-state index contributed by atoms with van der Waals surface area (Å²) in [6.45, 7) is -0.278. The summed E-state index contributed by atoms with van der Waals surface area (Å²) >= 11 is 0. The molecule has 0 aliphatic carbocycles. The van der Waals surface area contributed by atoms with Crippen LogP contribution >= 0.6 is 0 Å². The molecule has 8 nitrogen and oxygen atoms in total. The molecule has 0 unspecified atom stereocenters. The molecule has 0 heterocycles. The largest absolute Gasteiger partial charge is 0.508 e. The van der Waals surface area contributed by atoms with Gasteiger partial charge < -0.3 is 25.4 Å². The Labute approximate surface area is 162 Å². The summed E-state index contributed by atoms with van der Waals surface area (Å²) in [5.74, 6) is -0.949. The van der Waals surface area contributed by atoms with Crippen molar-refractivity contribution in [3.63, 3.8) is 0 Å². The smallest absolute Gasteiger partial charge is 0.324 e. The van der Waals surface area contributed by atoms with Gasteiger partial charge in [0.1, 0.15) is 30.3 Å². The van der Waals surface area contributed by atoms with Gasteiger partial charge in [-0.05, 0) is 48.2 Å². The number of phenols is 1. The molecule has 0 radical (unpaired) electrons. The predicted molar refractivity (Wildman–Crippen MR) is 102 cm³/mol. The van der Waals surface area contributed by atoms with Crippen molar-refractivity contribution in [3.8, 4) is 11.5 Å². The molecule has 28 heavy (non-hydrogen) atoms. The number of nitrogens with two attached hydrogens (primary N) is 1. The zero-order valence-corrected chi connectivity index (χ0v) is 15.5. The highest BCUT2D eigenvalue weighted by molar-refractivity contribution is 5.76. The van der Waals surface area contributed by atoms with Crippen molar-refractivity contribution in [3.05, 3.63) is 59.7 Å². The van der Waals surface area contributed by atoms with E-state index in [0.717, 1.165) is 11.1 Å². The van der Waals surface area contributed by atoms with Crippen LogP contribution in [-0.4, -0.2) is 48.1 Å². The third-order valence-electron chi connectivity index (χ3n) is 4.11. The molecule has 5 N–H and O–H groups in total. The van der Waals surface area contributed by atoms with Gasteiger partial charge in [-0.3, -0.25) is 14.9 Å². The van der Waals surface area contributed by atoms with Gasteiger partial charge in [-0.25, -0.2) is 0 Å². The Morgan fingerprint density at radius 3 is 2.46 bits per heavy atom. The fourth-order valence-electron chi connectivity index (χ4n) is 2.57. The van der Waals surface area contributed by atoms with Crippen LogP contribution in [0.4, 0.5) is 0 Å². The number of ether oxygens (including phenoxy) is 2. The van der Waals surface area contributed by atoms with Gasteiger partial charge in [0.05, 0.1) is 7.11 Å². The summed E-state index contributed by atoms with van der Waals surface area (Å²) in [5.41, 5.74) is 7.42. The highest BCUT2D eigenvalue weighted by atomic mass is 16.5. The van der Waals surface area contributed by atoms with Crippen molar-refractivity contribution in [1.29, 1.82) is 0 Å². The topological polar surface area (TPSA) is 131 Å². The lowest BCUT2D eigenvalue weighted by Gasteiger charge is -2.16. The first kappa shape index (κ1) is 21.2. The third-order valence-corrected chi connectivity index (χ3v) is 4.11. The first-order valence-electron chi connectivity index (χ1n) is 8.68. The second kappa shape index (κ2) is 10.3. The van der Waals surface area contributed by atoms with Gasteiger partial charge >= 0.3 is 11.9 Å². The van der Waals surface area contributed by atoms with E-state index in [1.165, 1.54) is 12.1 Å². The van der Waals surface area contributed by atoms with Gasteiger partial charge in [-0.1, -0.05) is 24.3 Å². The van der Waals surface area contributed by atoms with E-state index >= 15 is 0 Å². The minimum Gasteiger partial charge on any atom is -0.508 e. The van der Waals surface area contributed by atoms with Crippen molar-refractivity contribution in [2.45, 2.75) is 24.9 Å². The zero-order valence-electron chi connectivity index (χ0n) is 15.5. The third kappa shape index (κ3) is 6.57. The molecular formula is C20H24N2O6. The quantitative estimate of drug-likeness (QED) is 0.351. The van der Waals surface area contributed by atoms with E-state index in [4.69, 9.17) is 15.2 Å². The van der Waals surface area contributed by atoms with Crippen LogP contribution in [0.1, 0.15) is 11.1 Å². The van der Waals surface area contributed by atoms with E-state index in [9.17, 15) is 19.8 Å². The number of aliphatic carboxylic acids is 1. The van der Waals surface area contributed by atoms with Crippen LogP contribution in [0.15, 0.2) is 48.5 Å². The van der Waals surface area contributed by atoms with Crippen molar-refractivity contribution in [2.75, 3.05) is 13.8 Å². The van der Waals surface area contributed by atoms with E-state index in [1.54, 1.807) is 37.4 Å². The van der Waals surface area contributed by atoms with Gasteiger partial charge in [0.25, 0.3) is 0 Å². The number of carboxylic acid groups (broad SMARTS) is 1. The standard InChI is InChI=1S/C20H24N2O6/c1-27-16-4-2-3-14(9-16)10-17(21)20(26)28-12-22-18(19(24)25)11-13-5-7-15(23)8-6-13/h2-9,17-18,22-23H,10-12,21H2,1H3,(H,24,25)/t17-,18+/m1/s1. The van der Waals surface area contributed by atoms with E-state index in [1.807, 2.05) is 6.07 Å². The molecular weight excluding hydrogens is 364 g/mol. The normalized spacial score (nSPS) is 12.8. The molecule has 0 spiro atoms. The lowest BCUT2D eigenvalue weighted by molar-refractivity contribution is -0.148. The van der Waals surface area contributed by atoms with Crippen LogP contribution in [0.3, 0.4) is 0 Å². The van der Waals surface area contributed by atoms with E-state index in [0.29, 0.717) is 5.75 Å². The van der Waals surface area contributed by atoms with Crippen molar-refractivity contribution in [2.24, 2.45) is 5.73 Å². The van der Waals surface area contributed by atoms with Crippen LogP contribution in [0.25, 0.3) is 0 Å². The maximum absolute atomic E-state index is 12.1. The Morgan fingerprint density at radius 1 is 1.11 bits per heavy atom. The Hall–Kier alpha value is -3.10. The number of carbonyl (C=O) groups excluding carboxylic acids is 1. The van der Waals surface area contributed by atoms with Gasteiger partial charge in [0.15, 0.2) is 0 Å². The highest BCUT2D eigenvalue weighted by Crippen LogP contribution is 2.14. The average molecular weight is 388 g/mol. The summed E-state index contributed by atoms with van der Waals surface area (Å²) < 4.78 is 10.2. The lowest BCUT2D eigenvalue weighted by atomic mass is 10.1. The molecule has 0 saturated carbocycles. The number of hydrogen-bond acceptors (Lipinski definition) is 7. The molecule has 0 aliphatic rings. The predicted octanol–water partition coefficient (Wildman–Crippen LogP) is 1.06. The molecule has 2 atom stereocenters. The van der Waals surface area contributed by atoms with Crippen molar-refractivity contribution in [1.82, 2.24) is 5.32 Å². The number of aromatic hydroxyl groups is 1. The Balaban J connectivity index is 1.82. The van der Waals surface area contributed by atoms with Crippen LogP contribution < -0.4 is 15.8 Å². The van der Waals surface area contributed by atoms with Crippen molar-refractivity contribution < 1.29 is 29.3 Å². The SMILES string of the molecule is COc1cccc(C[C@@H](N)C(=O)OCN[C@@H](Cc2ccc(O)cc2)C(=O)O)c1. The molecule has 2 rings (SSSR count). The van der Waals surface area contributed by atoms with Gasteiger partial charge in [-0.2, -0.15) is 0 Å². The van der Waals surface area contributed by atoms with E-state index in [2.05, 4.69) is 5.32 Å². The van der Waals surface area contributed by atoms with Crippen LogP contribution in [-0.2, 0) is 27.2 Å². The number of hydrogen-bond donors (Lipinski definition) is 4. The molecule has 150 valence electrons. The number of rotatable bonds is 10. The number of nitrogens with one attached hydrogen (secondary N) is 1. The van der Waals surface area contributed by atoms with Crippen LogP contribution in [0.5, 0.6) is 11.5 Å². The molecule has 0 amide bonds. The van der Waals surface area contributed by atoms with Crippen molar-refractivity contribution >= 4 is 11.9 Å². The number of methoxy groups -OCH3 is 1. The number of esters is 1. The van der Waals surface area contributed by atoms with Gasteiger partial charge in [0, 0.05) is 0 Å².